The van der Waals surface area contributed by atoms with E-state index in [-0.39, 0.29) is 24.7 Å². The molecule has 1 amide bonds. The van der Waals surface area contributed by atoms with E-state index in [1.54, 1.807) is 0 Å². The Labute approximate surface area is 122 Å². The molecule has 1 aromatic rings. The Hall–Kier alpha value is -0.970. The first kappa shape index (κ1) is 15.4. The minimum atomic E-state index is -2.52. The van der Waals surface area contributed by atoms with Gasteiger partial charge in [-0.1, -0.05) is 13.8 Å². The van der Waals surface area contributed by atoms with Crippen LogP contribution in [0.15, 0.2) is 0 Å². The lowest BCUT2D eigenvalue weighted by molar-refractivity contribution is -0.0380. The number of carbonyl (C=O) groups excluding carboxylic acids is 1. The molecule has 1 aliphatic carbocycles. The lowest BCUT2D eigenvalue weighted by Crippen LogP contribution is -2.23. The van der Waals surface area contributed by atoms with Crippen molar-refractivity contribution in [1.82, 2.24) is 0 Å². The van der Waals surface area contributed by atoms with E-state index in [0.717, 1.165) is 16.0 Å². The Morgan fingerprint density at radius 2 is 1.90 bits per heavy atom. The van der Waals surface area contributed by atoms with Gasteiger partial charge in [-0.25, -0.2) is 8.78 Å². The molecule has 112 valence electrons. The number of carbonyl (C=O) groups is 1. The van der Waals surface area contributed by atoms with Crippen molar-refractivity contribution >= 4 is 17.2 Å². The van der Waals surface area contributed by atoms with Crippen LogP contribution in [-0.2, 0) is 0 Å². The molecule has 2 N–H and O–H groups in total. The first-order valence-electron chi connectivity index (χ1n) is 7.03. The number of nitrogens with two attached hydrogens (primary N) is 1. The number of hydrogen-bond donors (Lipinski definition) is 1. The molecule has 20 heavy (non-hydrogen) atoms. The molecule has 2 nitrogen and oxygen atoms in total. The molecule has 1 saturated carbocycles. The van der Waals surface area contributed by atoms with Crippen molar-refractivity contribution in [2.45, 2.75) is 64.2 Å². The molecule has 1 aliphatic rings. The predicted molar refractivity (Wildman–Crippen MR) is 77.8 cm³/mol. The summed E-state index contributed by atoms with van der Waals surface area (Å²) in [5.41, 5.74) is 7.53. The van der Waals surface area contributed by atoms with Gasteiger partial charge in [0, 0.05) is 17.7 Å². The number of primary amides is 1. The van der Waals surface area contributed by atoms with E-state index < -0.39 is 11.8 Å². The summed E-state index contributed by atoms with van der Waals surface area (Å²) in [4.78, 5) is 13.3. The lowest BCUT2D eigenvalue weighted by Gasteiger charge is -2.28. The summed E-state index contributed by atoms with van der Waals surface area (Å²) in [6.45, 7) is 6.04. The number of hydrogen-bond acceptors (Lipinski definition) is 2. The van der Waals surface area contributed by atoms with Crippen LogP contribution in [0.5, 0.6) is 0 Å². The molecule has 0 atom stereocenters. The Morgan fingerprint density at radius 3 is 2.30 bits per heavy atom. The topological polar surface area (TPSA) is 43.1 Å². The fraction of sp³-hybridized carbons (Fsp3) is 0.667. The Bertz CT molecular complexity index is 512. The maximum absolute atomic E-state index is 13.3. The van der Waals surface area contributed by atoms with E-state index in [1.165, 1.54) is 11.3 Å². The average Bonchev–Trinajstić information content (AvgIpc) is 2.67. The van der Waals surface area contributed by atoms with Gasteiger partial charge in [-0.2, -0.15) is 0 Å². The second-order valence-corrected chi connectivity index (χ2v) is 7.04. The molecule has 0 spiro atoms. The van der Waals surface area contributed by atoms with Crippen molar-refractivity contribution in [2.24, 2.45) is 5.73 Å². The maximum Gasteiger partial charge on any atom is 0.259 e. The van der Waals surface area contributed by atoms with Crippen molar-refractivity contribution in [3.63, 3.8) is 0 Å². The molecule has 1 heterocycles. The summed E-state index contributed by atoms with van der Waals surface area (Å²) in [5, 5.41) is 0. The zero-order valence-electron chi connectivity index (χ0n) is 12.1. The van der Waals surface area contributed by atoms with E-state index in [2.05, 4.69) is 0 Å². The fourth-order valence-electron chi connectivity index (χ4n) is 3.11. The van der Waals surface area contributed by atoms with Crippen LogP contribution in [0.3, 0.4) is 0 Å². The van der Waals surface area contributed by atoms with Gasteiger partial charge < -0.3 is 5.73 Å². The largest absolute Gasteiger partial charge is 0.365 e. The second kappa shape index (κ2) is 5.43. The maximum atomic E-state index is 13.3. The van der Waals surface area contributed by atoms with Gasteiger partial charge in [-0.3, -0.25) is 4.79 Å². The SMILES string of the molecule is Cc1c(C2CCC(F)(F)CC2)sc(C(N)=O)c1C(C)C. The van der Waals surface area contributed by atoms with Crippen LogP contribution >= 0.6 is 11.3 Å². The van der Waals surface area contributed by atoms with Gasteiger partial charge in [0.25, 0.3) is 5.91 Å². The highest BCUT2D eigenvalue weighted by atomic mass is 32.1. The average molecular weight is 301 g/mol. The van der Waals surface area contributed by atoms with E-state index in [1.807, 2.05) is 20.8 Å². The zero-order valence-corrected chi connectivity index (χ0v) is 12.9. The molecule has 0 aliphatic heterocycles. The van der Waals surface area contributed by atoms with Gasteiger partial charge in [0.15, 0.2) is 0 Å². The van der Waals surface area contributed by atoms with Crippen LogP contribution in [-0.4, -0.2) is 11.8 Å². The van der Waals surface area contributed by atoms with Gasteiger partial charge in [-0.15, -0.1) is 11.3 Å². The summed E-state index contributed by atoms with van der Waals surface area (Å²) < 4.78 is 26.5. The van der Waals surface area contributed by atoms with Crippen molar-refractivity contribution < 1.29 is 13.6 Å². The van der Waals surface area contributed by atoms with Crippen LogP contribution in [0.2, 0.25) is 0 Å². The predicted octanol–water partition coefficient (Wildman–Crippen LogP) is 4.57. The number of thiophene rings is 1. The highest BCUT2D eigenvalue weighted by Gasteiger charge is 2.37. The first-order chi connectivity index (χ1) is 9.23. The molecule has 0 unspecified atom stereocenters. The molecule has 0 saturated heterocycles. The molecule has 0 aromatic carbocycles. The Kier molecular flexibility index (Phi) is 4.19. The van der Waals surface area contributed by atoms with Crippen molar-refractivity contribution in [3.05, 3.63) is 20.9 Å². The minimum absolute atomic E-state index is 0.0576. The Morgan fingerprint density at radius 1 is 1.35 bits per heavy atom. The number of rotatable bonds is 3. The summed E-state index contributed by atoms with van der Waals surface area (Å²) in [6.07, 6.45) is 0.865. The van der Waals surface area contributed by atoms with Gasteiger partial charge in [-0.05, 0) is 42.7 Å². The number of halogens is 2. The second-order valence-electron chi connectivity index (χ2n) is 5.98. The molecule has 1 aromatic heterocycles. The van der Waals surface area contributed by atoms with Crippen molar-refractivity contribution in [1.29, 1.82) is 0 Å². The third-order valence-corrected chi connectivity index (χ3v) is 5.60. The van der Waals surface area contributed by atoms with Crippen LogP contribution < -0.4 is 5.73 Å². The number of amides is 1. The minimum Gasteiger partial charge on any atom is -0.365 e. The highest BCUT2D eigenvalue weighted by molar-refractivity contribution is 7.14. The highest BCUT2D eigenvalue weighted by Crippen LogP contribution is 2.46. The third-order valence-electron chi connectivity index (χ3n) is 4.12. The summed E-state index contributed by atoms with van der Waals surface area (Å²) in [5.74, 6) is -2.57. The van der Waals surface area contributed by atoms with E-state index in [0.29, 0.717) is 17.7 Å². The molecular weight excluding hydrogens is 280 g/mol. The van der Waals surface area contributed by atoms with Gasteiger partial charge >= 0.3 is 0 Å². The van der Waals surface area contributed by atoms with Crippen LogP contribution in [0.1, 0.15) is 77.0 Å². The van der Waals surface area contributed by atoms with Crippen LogP contribution in [0.4, 0.5) is 8.78 Å². The molecular formula is C15H21F2NOS. The standard InChI is InChI=1S/C15H21F2NOS/c1-8(2)11-9(3)12(20-13(11)14(18)19)10-4-6-15(16,17)7-5-10/h8,10H,4-7H2,1-3H3,(H2,18,19). The fourth-order valence-corrected chi connectivity index (χ4v) is 4.60. The van der Waals surface area contributed by atoms with Crippen LogP contribution in [0, 0.1) is 6.92 Å². The zero-order chi connectivity index (χ0) is 15.1. The molecule has 0 radical (unpaired) electrons. The molecule has 2 rings (SSSR count). The molecule has 1 fully saturated rings. The summed E-state index contributed by atoms with van der Waals surface area (Å²) in [6, 6.07) is 0. The number of alkyl halides is 2. The third kappa shape index (κ3) is 2.87. The van der Waals surface area contributed by atoms with Crippen LogP contribution in [0.25, 0.3) is 0 Å². The quantitative estimate of drug-likeness (QED) is 0.873. The summed E-state index contributed by atoms with van der Waals surface area (Å²) >= 11 is 1.41. The van der Waals surface area contributed by atoms with E-state index in [9.17, 15) is 13.6 Å². The van der Waals surface area contributed by atoms with E-state index >= 15 is 0 Å². The molecule has 0 bridgehead atoms. The smallest absolute Gasteiger partial charge is 0.259 e. The molecule has 5 heteroatoms. The van der Waals surface area contributed by atoms with Gasteiger partial charge in [0.2, 0.25) is 5.92 Å². The summed E-state index contributed by atoms with van der Waals surface area (Å²) in [7, 11) is 0. The lowest BCUT2D eigenvalue weighted by atomic mass is 9.83. The van der Waals surface area contributed by atoms with Gasteiger partial charge in [0.05, 0.1) is 4.88 Å². The van der Waals surface area contributed by atoms with Gasteiger partial charge in [0.1, 0.15) is 0 Å². The monoisotopic (exact) mass is 301 g/mol. The van der Waals surface area contributed by atoms with E-state index in [4.69, 9.17) is 5.73 Å². The van der Waals surface area contributed by atoms with Crippen molar-refractivity contribution in [3.8, 4) is 0 Å². The van der Waals surface area contributed by atoms with Crippen molar-refractivity contribution in [2.75, 3.05) is 0 Å². The Balaban J connectivity index is 2.34. The first-order valence-corrected chi connectivity index (χ1v) is 7.85. The normalized spacial score (nSPS) is 19.5.